The van der Waals surface area contributed by atoms with Crippen molar-refractivity contribution >= 4 is 6.09 Å². The van der Waals surface area contributed by atoms with E-state index in [1.54, 1.807) is 4.90 Å². The molecule has 1 aliphatic heterocycles. The fraction of sp³-hybridized carbons (Fsp3) is 0.562. The van der Waals surface area contributed by atoms with Gasteiger partial charge in [0.1, 0.15) is 18.0 Å². The molecule has 0 saturated heterocycles. The minimum absolute atomic E-state index is 0.310. The van der Waals surface area contributed by atoms with Gasteiger partial charge in [-0.15, -0.1) is 0 Å². The van der Waals surface area contributed by atoms with Crippen LogP contribution in [-0.4, -0.2) is 29.7 Å². The van der Waals surface area contributed by atoms with Gasteiger partial charge >= 0.3 is 6.09 Å². The molecule has 0 aromatic heterocycles. The third-order valence-corrected chi connectivity index (χ3v) is 3.27. The van der Waals surface area contributed by atoms with Crippen LogP contribution in [0.2, 0.25) is 0 Å². The number of rotatable bonds is 1. The summed E-state index contributed by atoms with van der Waals surface area (Å²) in [6.07, 6.45) is -0.310. The van der Waals surface area contributed by atoms with Crippen molar-refractivity contribution < 1.29 is 14.3 Å². The van der Waals surface area contributed by atoms with Crippen LogP contribution in [0.15, 0.2) is 12.1 Å². The topological polar surface area (TPSA) is 64.8 Å². The lowest BCUT2D eigenvalue weighted by Crippen LogP contribution is -2.37. The first-order valence-electron chi connectivity index (χ1n) is 7.23. The zero-order chi connectivity index (χ0) is 15.6. The van der Waals surface area contributed by atoms with E-state index in [9.17, 15) is 4.79 Å². The molecule has 0 unspecified atom stereocenters. The molecule has 1 aromatic carbocycles. The Morgan fingerprint density at radius 1 is 1.43 bits per heavy atom. The van der Waals surface area contributed by atoms with Crippen LogP contribution >= 0.6 is 0 Å². The highest BCUT2D eigenvalue weighted by Crippen LogP contribution is 2.29. The van der Waals surface area contributed by atoms with E-state index in [4.69, 9.17) is 15.2 Å². The number of benzene rings is 1. The lowest BCUT2D eigenvalue weighted by Gasteiger charge is -2.26. The van der Waals surface area contributed by atoms with Gasteiger partial charge in [-0.1, -0.05) is 6.07 Å². The summed E-state index contributed by atoms with van der Waals surface area (Å²) in [5.74, 6) is 0.859. The molecule has 5 nitrogen and oxygen atoms in total. The van der Waals surface area contributed by atoms with Crippen molar-refractivity contribution in [1.29, 1.82) is 0 Å². The van der Waals surface area contributed by atoms with Crippen molar-refractivity contribution in [3.63, 3.8) is 0 Å². The van der Waals surface area contributed by atoms with Crippen molar-refractivity contribution in [2.75, 3.05) is 13.2 Å². The maximum absolute atomic E-state index is 12.2. The van der Waals surface area contributed by atoms with Crippen LogP contribution in [0.5, 0.6) is 5.75 Å². The molecule has 1 amide bonds. The zero-order valence-electron chi connectivity index (χ0n) is 13.2. The largest absolute Gasteiger partial charge is 0.491 e. The second-order valence-corrected chi connectivity index (χ2v) is 6.36. The van der Waals surface area contributed by atoms with E-state index in [1.165, 1.54) is 0 Å². The number of aryl methyl sites for hydroxylation is 1. The average Bonchev–Trinajstić information content (AvgIpc) is 2.59. The molecule has 2 N–H and O–H groups in total. The van der Waals surface area contributed by atoms with Crippen molar-refractivity contribution in [2.45, 2.75) is 46.4 Å². The molecule has 0 aliphatic carbocycles. The van der Waals surface area contributed by atoms with Gasteiger partial charge in [0.25, 0.3) is 0 Å². The molecule has 116 valence electrons. The number of hydrogen-bond donors (Lipinski definition) is 1. The minimum Gasteiger partial charge on any atom is -0.491 e. The Balaban J connectivity index is 2.24. The summed E-state index contributed by atoms with van der Waals surface area (Å²) in [5, 5.41) is 0. The summed E-state index contributed by atoms with van der Waals surface area (Å²) in [5.41, 5.74) is 8.31. The first-order valence-corrected chi connectivity index (χ1v) is 7.23. The van der Waals surface area contributed by atoms with Gasteiger partial charge in [0, 0.05) is 12.1 Å². The fourth-order valence-electron chi connectivity index (χ4n) is 2.39. The van der Waals surface area contributed by atoms with Gasteiger partial charge in [-0.3, -0.25) is 0 Å². The van der Waals surface area contributed by atoms with Crippen molar-refractivity contribution in [3.8, 4) is 5.75 Å². The second kappa shape index (κ2) is 5.93. The van der Waals surface area contributed by atoms with Crippen LogP contribution in [0, 0.1) is 6.92 Å². The van der Waals surface area contributed by atoms with E-state index < -0.39 is 5.60 Å². The average molecular weight is 292 g/mol. The van der Waals surface area contributed by atoms with E-state index in [-0.39, 0.29) is 6.09 Å². The standard InChI is InChI=1S/C16H24N2O3/c1-11-7-12(9-17)8-13-10-18(5-6-20-14(11)13)15(19)21-16(2,3)4/h7-8H,5-6,9-10,17H2,1-4H3. The SMILES string of the molecule is Cc1cc(CN)cc2c1OCCN(C(=O)OC(C)(C)C)C2. The van der Waals surface area contributed by atoms with Crippen molar-refractivity contribution in [1.82, 2.24) is 4.90 Å². The smallest absolute Gasteiger partial charge is 0.410 e. The van der Waals surface area contributed by atoms with Crippen LogP contribution in [0.4, 0.5) is 4.79 Å². The minimum atomic E-state index is -0.498. The first-order chi connectivity index (χ1) is 9.80. The summed E-state index contributed by atoms with van der Waals surface area (Å²) in [6.45, 7) is 9.54. The summed E-state index contributed by atoms with van der Waals surface area (Å²) < 4.78 is 11.2. The van der Waals surface area contributed by atoms with Crippen LogP contribution in [0.25, 0.3) is 0 Å². The van der Waals surface area contributed by atoms with Gasteiger partial charge in [0.15, 0.2) is 0 Å². The molecule has 0 bridgehead atoms. The number of carbonyl (C=O) groups is 1. The van der Waals surface area contributed by atoms with Crippen molar-refractivity contribution in [3.05, 3.63) is 28.8 Å². The van der Waals surface area contributed by atoms with Gasteiger partial charge in [0.05, 0.1) is 13.1 Å². The molecule has 21 heavy (non-hydrogen) atoms. The van der Waals surface area contributed by atoms with Crippen LogP contribution in [-0.2, 0) is 17.8 Å². The molecule has 0 radical (unpaired) electrons. The molecule has 1 aliphatic rings. The summed E-state index contributed by atoms with van der Waals surface area (Å²) in [6, 6.07) is 4.03. The maximum atomic E-state index is 12.2. The molecule has 0 atom stereocenters. The number of nitrogens with zero attached hydrogens (tertiary/aromatic N) is 1. The Morgan fingerprint density at radius 2 is 2.14 bits per heavy atom. The Kier molecular flexibility index (Phi) is 4.42. The normalized spacial score (nSPS) is 15.0. The van der Waals surface area contributed by atoms with Gasteiger partial charge in [-0.2, -0.15) is 0 Å². The van der Waals surface area contributed by atoms with Gasteiger partial charge in [-0.05, 0) is 44.9 Å². The quantitative estimate of drug-likeness (QED) is 0.864. The molecule has 2 rings (SSSR count). The predicted octanol–water partition coefficient (Wildman–Crippen LogP) is 2.58. The summed E-state index contributed by atoms with van der Waals surface area (Å²) >= 11 is 0. The molecule has 5 heteroatoms. The number of fused-ring (bicyclic) bond motifs is 1. The monoisotopic (exact) mass is 292 g/mol. The van der Waals surface area contributed by atoms with E-state index in [0.29, 0.717) is 26.2 Å². The van der Waals surface area contributed by atoms with Crippen LogP contribution in [0.1, 0.15) is 37.5 Å². The highest BCUT2D eigenvalue weighted by atomic mass is 16.6. The predicted molar refractivity (Wildman–Crippen MR) is 81.2 cm³/mol. The van der Waals surface area contributed by atoms with E-state index >= 15 is 0 Å². The molecular weight excluding hydrogens is 268 g/mol. The highest BCUT2D eigenvalue weighted by molar-refractivity contribution is 5.68. The summed E-state index contributed by atoms with van der Waals surface area (Å²) in [7, 11) is 0. The Bertz CT molecular complexity index is 535. The number of amides is 1. The molecule has 0 fully saturated rings. The molecular formula is C16H24N2O3. The third-order valence-electron chi connectivity index (χ3n) is 3.27. The lowest BCUT2D eigenvalue weighted by atomic mass is 10.0. The van der Waals surface area contributed by atoms with E-state index in [2.05, 4.69) is 0 Å². The maximum Gasteiger partial charge on any atom is 0.410 e. The van der Waals surface area contributed by atoms with Gasteiger partial charge < -0.3 is 20.1 Å². The zero-order valence-corrected chi connectivity index (χ0v) is 13.2. The van der Waals surface area contributed by atoms with Crippen molar-refractivity contribution in [2.24, 2.45) is 5.73 Å². The number of nitrogens with two attached hydrogens (primary N) is 1. The highest BCUT2D eigenvalue weighted by Gasteiger charge is 2.25. The number of hydrogen-bond acceptors (Lipinski definition) is 4. The molecule has 0 spiro atoms. The molecule has 1 heterocycles. The van der Waals surface area contributed by atoms with Crippen LogP contribution in [0.3, 0.4) is 0 Å². The third kappa shape index (κ3) is 3.88. The van der Waals surface area contributed by atoms with Gasteiger partial charge in [-0.25, -0.2) is 4.79 Å². The second-order valence-electron chi connectivity index (χ2n) is 6.36. The van der Waals surface area contributed by atoms with E-state index in [0.717, 1.165) is 22.4 Å². The van der Waals surface area contributed by atoms with E-state index in [1.807, 2.05) is 39.8 Å². The number of carbonyl (C=O) groups excluding carboxylic acids is 1. The van der Waals surface area contributed by atoms with Gasteiger partial charge in [0.2, 0.25) is 0 Å². The van der Waals surface area contributed by atoms with Crippen LogP contribution < -0.4 is 10.5 Å². The first kappa shape index (κ1) is 15.6. The molecule has 1 aromatic rings. The fourth-order valence-corrected chi connectivity index (χ4v) is 2.39. The Morgan fingerprint density at radius 3 is 2.76 bits per heavy atom. The summed E-state index contributed by atoms with van der Waals surface area (Å²) in [4.78, 5) is 13.9. The number of ether oxygens (including phenoxy) is 2. The lowest BCUT2D eigenvalue weighted by molar-refractivity contribution is 0.0225. The Labute approximate surface area is 126 Å². The Hall–Kier alpha value is -1.75. The molecule has 0 saturated carbocycles.